The van der Waals surface area contributed by atoms with Crippen LogP contribution in [0.25, 0.3) is 10.4 Å². The molecule has 0 heterocycles. The third-order valence-electron chi connectivity index (χ3n) is 2.20. The van der Waals surface area contributed by atoms with E-state index in [1.165, 1.54) is 0 Å². The molecule has 0 unspecified atom stereocenters. The highest BCUT2D eigenvalue weighted by Crippen LogP contribution is 2.01. The predicted octanol–water partition coefficient (Wildman–Crippen LogP) is 0.995. The van der Waals surface area contributed by atoms with Crippen molar-refractivity contribution in [2.45, 2.75) is 31.7 Å². The topological polar surface area (TPSA) is 150 Å². The van der Waals surface area contributed by atoms with Crippen molar-refractivity contribution < 1.29 is 19.4 Å². The number of carbonyl (C=O) groups excluding carboxylic acids is 1. The number of azide groups is 1. The Bertz CT molecular complexity index is 330. The molecule has 0 aliphatic heterocycles. The summed E-state index contributed by atoms with van der Waals surface area (Å²) >= 11 is 0. The van der Waals surface area contributed by atoms with Crippen molar-refractivity contribution >= 4 is 12.1 Å². The number of ether oxygens (including phenoxy) is 1. The number of hydrogen-bond acceptors (Lipinski definition) is 5. The lowest BCUT2D eigenvalue weighted by Gasteiger charge is -2.09. The van der Waals surface area contributed by atoms with Crippen LogP contribution in [-0.2, 0) is 9.53 Å². The zero-order chi connectivity index (χ0) is 14.5. The van der Waals surface area contributed by atoms with Gasteiger partial charge in [0.15, 0.2) is 0 Å². The zero-order valence-electron chi connectivity index (χ0n) is 10.6. The van der Waals surface area contributed by atoms with Crippen LogP contribution < -0.4 is 11.1 Å². The molecule has 108 valence electrons. The minimum absolute atomic E-state index is 0.0411. The van der Waals surface area contributed by atoms with Gasteiger partial charge in [-0.3, -0.25) is 4.79 Å². The van der Waals surface area contributed by atoms with Crippen LogP contribution in [-0.4, -0.2) is 42.9 Å². The maximum absolute atomic E-state index is 11.1. The number of carboxylic acids is 1. The van der Waals surface area contributed by atoms with Crippen LogP contribution in [0.1, 0.15) is 25.7 Å². The van der Waals surface area contributed by atoms with Crippen molar-refractivity contribution in [2.24, 2.45) is 10.8 Å². The van der Waals surface area contributed by atoms with E-state index < -0.39 is 12.1 Å². The van der Waals surface area contributed by atoms with E-state index in [2.05, 4.69) is 15.3 Å². The normalized spacial score (nSPS) is 11.2. The van der Waals surface area contributed by atoms with Gasteiger partial charge in [-0.2, -0.15) is 0 Å². The van der Waals surface area contributed by atoms with Crippen LogP contribution in [0.3, 0.4) is 0 Å². The SMILES string of the molecule is [N-]=[N+]=NCCOC(=O)NCCCC[C@H](N)CC(=O)O. The number of nitrogens with zero attached hydrogens (tertiary/aromatic N) is 3. The largest absolute Gasteiger partial charge is 0.481 e. The fraction of sp³-hybridized carbons (Fsp3) is 0.800. The third-order valence-corrected chi connectivity index (χ3v) is 2.20. The minimum Gasteiger partial charge on any atom is -0.481 e. The number of carbonyl (C=O) groups is 2. The smallest absolute Gasteiger partial charge is 0.407 e. The molecule has 0 spiro atoms. The first-order valence-electron chi connectivity index (χ1n) is 5.95. The van der Waals surface area contributed by atoms with E-state index in [9.17, 15) is 9.59 Å². The van der Waals surface area contributed by atoms with Crippen LogP contribution in [0.4, 0.5) is 4.79 Å². The quantitative estimate of drug-likeness (QED) is 0.235. The summed E-state index contributed by atoms with van der Waals surface area (Å²) < 4.78 is 4.71. The monoisotopic (exact) mass is 273 g/mol. The van der Waals surface area contributed by atoms with E-state index in [-0.39, 0.29) is 25.6 Å². The van der Waals surface area contributed by atoms with Gasteiger partial charge in [-0.05, 0) is 18.4 Å². The maximum Gasteiger partial charge on any atom is 0.407 e. The molecule has 0 aliphatic rings. The Labute approximate surface area is 110 Å². The Morgan fingerprint density at radius 1 is 1.47 bits per heavy atom. The molecule has 0 radical (unpaired) electrons. The van der Waals surface area contributed by atoms with Crippen molar-refractivity contribution in [2.75, 3.05) is 19.7 Å². The molecule has 0 saturated heterocycles. The molecule has 9 nitrogen and oxygen atoms in total. The molecule has 1 atom stereocenters. The summed E-state index contributed by atoms with van der Waals surface area (Å²) in [7, 11) is 0. The predicted molar refractivity (Wildman–Crippen MR) is 67.4 cm³/mol. The van der Waals surface area contributed by atoms with Crippen molar-refractivity contribution in [3.05, 3.63) is 10.4 Å². The van der Waals surface area contributed by atoms with Gasteiger partial charge in [0.05, 0.1) is 19.6 Å². The fourth-order valence-electron chi connectivity index (χ4n) is 1.32. The van der Waals surface area contributed by atoms with Gasteiger partial charge in [-0.25, -0.2) is 4.79 Å². The van der Waals surface area contributed by atoms with E-state index in [1.807, 2.05) is 0 Å². The number of alkyl carbamates (subject to hydrolysis) is 1. The molecule has 0 aromatic rings. The fourth-order valence-corrected chi connectivity index (χ4v) is 1.32. The summed E-state index contributed by atoms with van der Waals surface area (Å²) in [6, 6.07) is -0.353. The van der Waals surface area contributed by atoms with Gasteiger partial charge >= 0.3 is 12.1 Å². The second kappa shape index (κ2) is 11.1. The molecule has 0 saturated carbocycles. The third kappa shape index (κ3) is 12.3. The molecule has 4 N–H and O–H groups in total. The average molecular weight is 273 g/mol. The van der Waals surface area contributed by atoms with Crippen LogP contribution in [0.5, 0.6) is 0 Å². The van der Waals surface area contributed by atoms with Gasteiger partial charge < -0.3 is 20.9 Å². The zero-order valence-corrected chi connectivity index (χ0v) is 10.6. The molecule has 1 amide bonds. The van der Waals surface area contributed by atoms with Crippen LogP contribution in [0.15, 0.2) is 5.11 Å². The molecule has 0 aromatic carbocycles. The lowest BCUT2D eigenvalue weighted by Crippen LogP contribution is -2.27. The van der Waals surface area contributed by atoms with Crippen LogP contribution in [0, 0.1) is 0 Å². The first kappa shape index (κ1) is 17.0. The number of aliphatic carboxylic acids is 1. The summed E-state index contributed by atoms with van der Waals surface area (Å²) in [5.41, 5.74) is 13.6. The average Bonchev–Trinajstić information content (AvgIpc) is 2.33. The second-order valence-corrected chi connectivity index (χ2v) is 3.87. The van der Waals surface area contributed by atoms with Gasteiger partial charge in [0, 0.05) is 17.5 Å². The van der Waals surface area contributed by atoms with E-state index in [1.54, 1.807) is 0 Å². The summed E-state index contributed by atoms with van der Waals surface area (Å²) in [5, 5.41) is 14.2. The summed E-state index contributed by atoms with van der Waals surface area (Å²) in [5.74, 6) is -0.908. The molecular weight excluding hydrogens is 254 g/mol. The lowest BCUT2D eigenvalue weighted by molar-refractivity contribution is -0.137. The van der Waals surface area contributed by atoms with Crippen molar-refractivity contribution in [3.63, 3.8) is 0 Å². The Balaban J connectivity index is 3.40. The highest BCUT2D eigenvalue weighted by atomic mass is 16.5. The molecule has 9 heteroatoms. The molecule has 0 aromatic heterocycles. The highest BCUT2D eigenvalue weighted by Gasteiger charge is 2.07. The van der Waals surface area contributed by atoms with Gasteiger partial charge in [-0.15, -0.1) is 0 Å². The van der Waals surface area contributed by atoms with Crippen molar-refractivity contribution in [3.8, 4) is 0 Å². The number of nitrogens with one attached hydrogen (secondary N) is 1. The first-order chi connectivity index (χ1) is 9.06. The van der Waals surface area contributed by atoms with Crippen LogP contribution in [0.2, 0.25) is 0 Å². The van der Waals surface area contributed by atoms with Crippen molar-refractivity contribution in [1.82, 2.24) is 5.32 Å². The molecular formula is C10H19N5O4. The van der Waals surface area contributed by atoms with Gasteiger partial charge in [-0.1, -0.05) is 11.5 Å². The molecule has 19 heavy (non-hydrogen) atoms. The standard InChI is InChI=1S/C10H19N5O4/c11-8(7-9(16)17)3-1-2-4-13-10(18)19-6-5-14-15-12/h8H,1-7,11H2,(H,13,18)(H,16,17)/t8-/m0/s1. The van der Waals surface area contributed by atoms with E-state index in [4.69, 9.17) is 21.1 Å². The summed E-state index contributed by atoms with van der Waals surface area (Å²) in [4.78, 5) is 23.9. The summed E-state index contributed by atoms with van der Waals surface area (Å²) in [6.45, 7) is 0.577. The number of nitrogens with two attached hydrogens (primary N) is 1. The van der Waals surface area contributed by atoms with E-state index >= 15 is 0 Å². The molecule has 0 bridgehead atoms. The number of carboxylic acid groups (broad SMARTS) is 1. The number of hydrogen-bond donors (Lipinski definition) is 3. The van der Waals surface area contributed by atoms with E-state index in [0.29, 0.717) is 19.4 Å². The Morgan fingerprint density at radius 2 is 2.21 bits per heavy atom. The lowest BCUT2D eigenvalue weighted by atomic mass is 10.1. The number of amides is 1. The maximum atomic E-state index is 11.1. The van der Waals surface area contributed by atoms with Crippen LogP contribution >= 0.6 is 0 Å². The Hall–Kier alpha value is -1.99. The number of unbranched alkanes of at least 4 members (excludes halogenated alkanes) is 1. The second-order valence-electron chi connectivity index (χ2n) is 3.87. The first-order valence-corrected chi connectivity index (χ1v) is 5.95. The minimum atomic E-state index is -0.908. The van der Waals surface area contributed by atoms with Gasteiger partial charge in [0.2, 0.25) is 0 Å². The van der Waals surface area contributed by atoms with Crippen molar-refractivity contribution in [1.29, 1.82) is 0 Å². The molecule has 0 rings (SSSR count). The Morgan fingerprint density at radius 3 is 2.84 bits per heavy atom. The summed E-state index contributed by atoms with van der Waals surface area (Å²) in [6.07, 6.45) is 1.41. The van der Waals surface area contributed by atoms with Gasteiger partial charge in [0.25, 0.3) is 0 Å². The Kier molecular flexibility index (Phi) is 9.96. The van der Waals surface area contributed by atoms with E-state index in [0.717, 1.165) is 6.42 Å². The number of rotatable bonds is 10. The van der Waals surface area contributed by atoms with Gasteiger partial charge in [0.1, 0.15) is 0 Å². The molecule has 0 aliphatic carbocycles. The molecule has 0 fully saturated rings. The highest BCUT2D eigenvalue weighted by molar-refractivity contribution is 5.67.